The molecule has 0 amide bonds. The zero-order chi connectivity index (χ0) is 11.3. The maximum absolute atomic E-state index is 6.26. The zero-order valence-corrected chi connectivity index (χ0v) is 10.4. The second-order valence-corrected chi connectivity index (χ2v) is 6.24. The molecule has 4 aliphatic rings. The van der Waals surface area contributed by atoms with Crippen LogP contribution in [0.4, 0.5) is 0 Å². The van der Waals surface area contributed by atoms with Crippen molar-refractivity contribution < 1.29 is 9.47 Å². The van der Waals surface area contributed by atoms with Crippen molar-refractivity contribution in [3.63, 3.8) is 0 Å². The van der Waals surface area contributed by atoms with E-state index in [0.717, 1.165) is 18.9 Å². The van der Waals surface area contributed by atoms with Crippen molar-refractivity contribution in [1.29, 1.82) is 0 Å². The Bertz CT molecular complexity index is 338. The maximum Gasteiger partial charge on any atom is 0.161 e. The summed E-state index contributed by atoms with van der Waals surface area (Å²) in [6, 6.07) is 0. The van der Waals surface area contributed by atoms with Crippen LogP contribution in [0, 0.1) is 17.3 Å². The molecule has 17 heavy (non-hydrogen) atoms. The minimum Gasteiger partial charge on any atom is -0.352 e. The van der Waals surface area contributed by atoms with Crippen molar-refractivity contribution in [3.05, 3.63) is 12.2 Å². The second-order valence-electron chi connectivity index (χ2n) is 6.24. The highest BCUT2D eigenvalue weighted by Crippen LogP contribution is 2.61. The van der Waals surface area contributed by atoms with Crippen molar-refractivity contribution in [1.82, 2.24) is 0 Å². The van der Waals surface area contributed by atoms with Crippen LogP contribution < -0.4 is 0 Å². The molecule has 2 aliphatic carbocycles. The molecule has 4 rings (SSSR count). The van der Waals surface area contributed by atoms with Crippen molar-refractivity contribution in [3.8, 4) is 0 Å². The molecular formula is C15H22O2. The number of ether oxygens (including phenoxy) is 2. The maximum atomic E-state index is 6.26. The molecule has 0 aromatic carbocycles. The molecule has 2 heteroatoms. The molecule has 5 atom stereocenters. The Labute approximate surface area is 103 Å². The number of allylic oxidation sites excluding steroid dienone is 1. The van der Waals surface area contributed by atoms with Gasteiger partial charge in [-0.3, -0.25) is 0 Å². The lowest BCUT2D eigenvalue weighted by Gasteiger charge is -2.49. The molecule has 0 unspecified atom stereocenters. The molecule has 0 radical (unpaired) electrons. The first-order chi connectivity index (χ1) is 8.41. The molecule has 2 heterocycles. The molecule has 2 saturated heterocycles. The first-order valence-electron chi connectivity index (χ1n) is 7.35. The van der Waals surface area contributed by atoms with E-state index in [4.69, 9.17) is 9.47 Å². The third-order valence-electron chi connectivity index (χ3n) is 5.64. The minimum atomic E-state index is 0.120. The SMILES string of the molecule is C1=C[C@@H]2CCCC[C@]23[C@@H](C1)O[C@@H]1OCCC[C@@H]13. The van der Waals surface area contributed by atoms with Gasteiger partial charge >= 0.3 is 0 Å². The fourth-order valence-electron chi connectivity index (χ4n) is 4.97. The van der Waals surface area contributed by atoms with Crippen LogP contribution in [0.5, 0.6) is 0 Å². The summed E-state index contributed by atoms with van der Waals surface area (Å²) in [5, 5.41) is 0. The van der Waals surface area contributed by atoms with E-state index in [0.29, 0.717) is 17.4 Å². The second kappa shape index (κ2) is 3.83. The Hall–Kier alpha value is -0.340. The van der Waals surface area contributed by atoms with E-state index in [2.05, 4.69) is 12.2 Å². The standard InChI is InChI=1S/C15H22O2/c1-2-9-15-11(5-1)6-3-8-13(15)17-14-12(15)7-4-10-16-14/h3,6,11-14H,1-2,4-5,7-10H2/t11-,12-,13+,14-,15-/m0/s1. The van der Waals surface area contributed by atoms with Crippen LogP contribution in [-0.4, -0.2) is 19.0 Å². The average Bonchev–Trinajstić information content (AvgIpc) is 2.71. The smallest absolute Gasteiger partial charge is 0.161 e. The van der Waals surface area contributed by atoms with Crippen molar-refractivity contribution >= 4 is 0 Å². The quantitative estimate of drug-likeness (QED) is 0.599. The van der Waals surface area contributed by atoms with Gasteiger partial charge in [0, 0.05) is 17.9 Å². The average molecular weight is 234 g/mol. The Morgan fingerprint density at radius 3 is 3.12 bits per heavy atom. The Kier molecular flexibility index (Phi) is 2.38. The van der Waals surface area contributed by atoms with Gasteiger partial charge in [0.05, 0.1) is 6.10 Å². The molecule has 0 aromatic rings. The van der Waals surface area contributed by atoms with Crippen LogP contribution in [0.15, 0.2) is 12.2 Å². The van der Waals surface area contributed by atoms with E-state index >= 15 is 0 Å². The van der Waals surface area contributed by atoms with Gasteiger partial charge in [-0.2, -0.15) is 0 Å². The van der Waals surface area contributed by atoms with Crippen LogP contribution >= 0.6 is 0 Å². The van der Waals surface area contributed by atoms with Gasteiger partial charge in [-0.15, -0.1) is 0 Å². The van der Waals surface area contributed by atoms with Gasteiger partial charge in [0.2, 0.25) is 0 Å². The highest BCUT2D eigenvalue weighted by atomic mass is 16.7. The van der Waals surface area contributed by atoms with Crippen LogP contribution in [0.2, 0.25) is 0 Å². The lowest BCUT2D eigenvalue weighted by molar-refractivity contribution is -0.166. The molecule has 2 nitrogen and oxygen atoms in total. The largest absolute Gasteiger partial charge is 0.352 e. The Morgan fingerprint density at radius 1 is 1.12 bits per heavy atom. The summed E-state index contributed by atoms with van der Waals surface area (Å²) in [6.45, 7) is 0.905. The third kappa shape index (κ3) is 1.34. The van der Waals surface area contributed by atoms with E-state index in [1.807, 2.05) is 0 Å². The molecule has 3 fully saturated rings. The van der Waals surface area contributed by atoms with E-state index in [9.17, 15) is 0 Å². The third-order valence-corrected chi connectivity index (χ3v) is 5.64. The molecule has 94 valence electrons. The van der Waals surface area contributed by atoms with Gasteiger partial charge in [-0.1, -0.05) is 25.0 Å². The monoisotopic (exact) mass is 234 g/mol. The van der Waals surface area contributed by atoms with Crippen LogP contribution in [0.25, 0.3) is 0 Å². The van der Waals surface area contributed by atoms with Crippen molar-refractivity contribution in [2.75, 3.05) is 6.61 Å². The minimum absolute atomic E-state index is 0.120. The highest BCUT2D eigenvalue weighted by molar-refractivity contribution is 5.15. The number of fused-ring (bicyclic) bond motifs is 1. The van der Waals surface area contributed by atoms with Crippen LogP contribution in [0.3, 0.4) is 0 Å². The molecule has 2 aliphatic heterocycles. The van der Waals surface area contributed by atoms with Crippen molar-refractivity contribution in [2.45, 2.75) is 57.3 Å². The van der Waals surface area contributed by atoms with E-state index in [-0.39, 0.29) is 6.29 Å². The predicted octanol–water partition coefficient (Wildman–Crippen LogP) is 3.27. The first-order valence-corrected chi connectivity index (χ1v) is 7.35. The zero-order valence-electron chi connectivity index (χ0n) is 10.4. The highest BCUT2D eigenvalue weighted by Gasteiger charge is 2.60. The number of hydrogen-bond acceptors (Lipinski definition) is 2. The van der Waals surface area contributed by atoms with Crippen LogP contribution in [-0.2, 0) is 9.47 Å². The van der Waals surface area contributed by atoms with E-state index in [1.54, 1.807) is 0 Å². The molecule has 1 spiro atoms. The summed E-state index contributed by atoms with van der Waals surface area (Å²) >= 11 is 0. The lowest BCUT2D eigenvalue weighted by Crippen LogP contribution is -2.47. The van der Waals surface area contributed by atoms with Crippen molar-refractivity contribution in [2.24, 2.45) is 17.3 Å². The van der Waals surface area contributed by atoms with Crippen LogP contribution in [0.1, 0.15) is 44.9 Å². The normalized spacial score (nSPS) is 52.7. The Morgan fingerprint density at radius 2 is 2.12 bits per heavy atom. The topological polar surface area (TPSA) is 18.5 Å². The van der Waals surface area contributed by atoms with Gasteiger partial charge in [-0.25, -0.2) is 0 Å². The van der Waals surface area contributed by atoms with Gasteiger partial charge in [-0.05, 0) is 38.0 Å². The first kappa shape index (κ1) is 10.6. The number of rotatable bonds is 0. The van der Waals surface area contributed by atoms with Gasteiger partial charge in [0.25, 0.3) is 0 Å². The summed E-state index contributed by atoms with van der Waals surface area (Å²) in [5.74, 6) is 1.45. The summed E-state index contributed by atoms with van der Waals surface area (Å²) in [5.41, 5.74) is 0.443. The van der Waals surface area contributed by atoms with Gasteiger partial charge in [0.15, 0.2) is 6.29 Å². The summed E-state index contributed by atoms with van der Waals surface area (Å²) in [6.07, 6.45) is 14.6. The van der Waals surface area contributed by atoms with Gasteiger partial charge < -0.3 is 9.47 Å². The Balaban J connectivity index is 1.74. The molecule has 0 N–H and O–H groups in total. The summed E-state index contributed by atoms with van der Waals surface area (Å²) < 4.78 is 12.1. The van der Waals surface area contributed by atoms with E-state index < -0.39 is 0 Å². The fourth-order valence-corrected chi connectivity index (χ4v) is 4.97. The molecule has 1 saturated carbocycles. The predicted molar refractivity (Wildman–Crippen MR) is 65.5 cm³/mol. The summed E-state index contributed by atoms with van der Waals surface area (Å²) in [7, 11) is 0. The lowest BCUT2D eigenvalue weighted by atomic mass is 9.55. The fraction of sp³-hybridized carbons (Fsp3) is 0.867. The van der Waals surface area contributed by atoms with Gasteiger partial charge in [0.1, 0.15) is 0 Å². The molecular weight excluding hydrogens is 212 g/mol. The van der Waals surface area contributed by atoms with E-state index in [1.165, 1.54) is 38.5 Å². The summed E-state index contributed by atoms with van der Waals surface area (Å²) in [4.78, 5) is 0. The molecule has 0 bridgehead atoms. The molecule has 0 aromatic heterocycles. The number of hydrogen-bond donors (Lipinski definition) is 0.